The molecule has 1 aliphatic carbocycles. The molecule has 1 aromatic carbocycles. The summed E-state index contributed by atoms with van der Waals surface area (Å²) in [4.78, 5) is 0.164. The number of benzene rings is 1. The molecule has 1 fully saturated rings. The maximum Gasteiger partial charge on any atom is 0.238 e. The minimum atomic E-state index is -3.61. The van der Waals surface area contributed by atoms with E-state index in [1.54, 1.807) is 12.1 Å². The first-order valence-electron chi connectivity index (χ1n) is 6.38. The first-order valence-corrected chi connectivity index (χ1v) is 7.93. The van der Waals surface area contributed by atoms with Crippen LogP contribution >= 0.6 is 0 Å². The molecule has 2 rings (SSSR count). The molecular formula is C13H20N2O2S. The first kappa shape index (κ1) is 13.4. The Labute approximate surface area is 109 Å². The highest BCUT2D eigenvalue weighted by atomic mass is 32.2. The highest BCUT2D eigenvalue weighted by Gasteiger charge is 2.23. The molecule has 1 aromatic rings. The second kappa shape index (κ2) is 5.28. The third-order valence-corrected chi connectivity index (χ3v) is 4.56. The Morgan fingerprint density at radius 2 is 2.17 bits per heavy atom. The maximum absolute atomic E-state index is 11.3. The molecule has 0 aliphatic heterocycles. The predicted molar refractivity (Wildman–Crippen MR) is 72.9 cm³/mol. The van der Waals surface area contributed by atoms with E-state index in [0.29, 0.717) is 6.04 Å². The third-order valence-electron chi connectivity index (χ3n) is 3.65. The minimum Gasteiger partial charge on any atom is -0.382 e. The van der Waals surface area contributed by atoms with E-state index in [0.717, 1.165) is 24.4 Å². The second-order valence-corrected chi connectivity index (χ2v) is 6.56. The summed E-state index contributed by atoms with van der Waals surface area (Å²) in [7, 11) is -3.61. The lowest BCUT2D eigenvalue weighted by Gasteiger charge is -2.15. The van der Waals surface area contributed by atoms with E-state index in [-0.39, 0.29) is 4.90 Å². The Balaban J connectivity index is 2.07. The van der Waals surface area contributed by atoms with Crippen LogP contribution in [0.25, 0.3) is 0 Å². The van der Waals surface area contributed by atoms with Gasteiger partial charge in [0.1, 0.15) is 0 Å². The van der Waals surface area contributed by atoms with Crippen LogP contribution in [-0.2, 0) is 10.0 Å². The van der Waals surface area contributed by atoms with Crippen LogP contribution in [0.1, 0.15) is 32.6 Å². The second-order valence-electron chi connectivity index (χ2n) is 5.00. The van der Waals surface area contributed by atoms with Gasteiger partial charge in [-0.1, -0.05) is 19.4 Å². The van der Waals surface area contributed by atoms with E-state index in [9.17, 15) is 8.42 Å². The lowest BCUT2D eigenvalue weighted by atomic mass is 10.1. The summed E-state index contributed by atoms with van der Waals surface area (Å²) in [6.45, 7) is 2.22. The number of anilines is 1. The summed E-state index contributed by atoms with van der Waals surface area (Å²) in [6, 6.07) is 7.17. The SMILES string of the molecule is CCC1CCC(Nc2cccc(S(N)(=O)=O)c2)C1. The molecule has 2 unspecified atom stereocenters. The largest absolute Gasteiger partial charge is 0.382 e. The molecule has 100 valence electrons. The zero-order chi connectivity index (χ0) is 13.2. The zero-order valence-electron chi connectivity index (χ0n) is 10.6. The summed E-state index contributed by atoms with van der Waals surface area (Å²) < 4.78 is 22.5. The molecule has 3 N–H and O–H groups in total. The lowest BCUT2D eigenvalue weighted by Crippen LogP contribution is -2.17. The fourth-order valence-electron chi connectivity index (χ4n) is 2.58. The highest BCUT2D eigenvalue weighted by Crippen LogP contribution is 2.30. The van der Waals surface area contributed by atoms with Gasteiger partial charge in [-0.2, -0.15) is 0 Å². The van der Waals surface area contributed by atoms with Crippen LogP contribution in [0.2, 0.25) is 0 Å². The van der Waals surface area contributed by atoms with Gasteiger partial charge >= 0.3 is 0 Å². The number of hydrogen-bond acceptors (Lipinski definition) is 3. The summed E-state index contributed by atoms with van der Waals surface area (Å²) >= 11 is 0. The molecule has 2 atom stereocenters. The number of nitrogens with two attached hydrogens (primary N) is 1. The van der Waals surface area contributed by atoms with Gasteiger partial charge in [0.15, 0.2) is 0 Å². The molecule has 0 radical (unpaired) electrons. The van der Waals surface area contributed by atoms with Crippen LogP contribution in [0.5, 0.6) is 0 Å². The Morgan fingerprint density at radius 3 is 2.78 bits per heavy atom. The van der Waals surface area contributed by atoms with E-state index >= 15 is 0 Å². The van der Waals surface area contributed by atoms with Crippen LogP contribution in [0, 0.1) is 5.92 Å². The maximum atomic E-state index is 11.3. The summed E-state index contributed by atoms with van der Waals surface area (Å²) in [6.07, 6.45) is 4.78. The first-order chi connectivity index (χ1) is 8.49. The third kappa shape index (κ3) is 3.23. The Morgan fingerprint density at radius 1 is 1.39 bits per heavy atom. The molecule has 0 heterocycles. The fourth-order valence-corrected chi connectivity index (χ4v) is 3.13. The summed E-state index contributed by atoms with van der Waals surface area (Å²) in [5, 5.41) is 8.52. The highest BCUT2D eigenvalue weighted by molar-refractivity contribution is 7.89. The van der Waals surface area contributed by atoms with Crippen LogP contribution in [0.15, 0.2) is 29.2 Å². The van der Waals surface area contributed by atoms with Crippen molar-refractivity contribution in [2.24, 2.45) is 11.1 Å². The topological polar surface area (TPSA) is 72.2 Å². The van der Waals surface area contributed by atoms with Crippen LogP contribution in [0.4, 0.5) is 5.69 Å². The minimum absolute atomic E-state index is 0.164. The van der Waals surface area contributed by atoms with E-state index in [1.165, 1.54) is 18.9 Å². The molecule has 0 spiro atoms. The number of nitrogens with one attached hydrogen (secondary N) is 1. The van der Waals surface area contributed by atoms with Gasteiger partial charge in [-0.15, -0.1) is 0 Å². The smallest absolute Gasteiger partial charge is 0.238 e. The van der Waals surface area contributed by atoms with Crippen molar-refractivity contribution in [3.63, 3.8) is 0 Å². The summed E-state index contributed by atoms with van der Waals surface area (Å²) in [5.41, 5.74) is 0.836. The Hall–Kier alpha value is -1.07. The van der Waals surface area contributed by atoms with Crippen molar-refractivity contribution in [1.82, 2.24) is 0 Å². The normalized spacial score (nSPS) is 24.1. The Bertz CT molecular complexity index is 513. The Kier molecular flexibility index (Phi) is 3.92. The van der Waals surface area contributed by atoms with Gasteiger partial charge in [0, 0.05) is 11.7 Å². The van der Waals surface area contributed by atoms with Crippen molar-refractivity contribution < 1.29 is 8.42 Å². The van der Waals surface area contributed by atoms with E-state index < -0.39 is 10.0 Å². The van der Waals surface area contributed by atoms with E-state index in [1.807, 2.05) is 6.07 Å². The van der Waals surface area contributed by atoms with Crippen molar-refractivity contribution in [2.45, 2.75) is 43.5 Å². The van der Waals surface area contributed by atoms with Crippen molar-refractivity contribution in [3.8, 4) is 0 Å². The standard InChI is InChI=1S/C13H20N2O2S/c1-2-10-6-7-12(8-10)15-11-4-3-5-13(9-11)18(14,16)17/h3-5,9-10,12,15H,2,6-8H2,1H3,(H2,14,16,17). The number of hydrogen-bond donors (Lipinski definition) is 2. The van der Waals surface area contributed by atoms with E-state index in [4.69, 9.17) is 5.14 Å². The van der Waals surface area contributed by atoms with Crippen molar-refractivity contribution in [2.75, 3.05) is 5.32 Å². The van der Waals surface area contributed by atoms with Gasteiger partial charge in [-0.05, 0) is 43.4 Å². The van der Waals surface area contributed by atoms with Gasteiger partial charge in [-0.3, -0.25) is 0 Å². The quantitative estimate of drug-likeness (QED) is 0.880. The molecule has 4 nitrogen and oxygen atoms in total. The van der Waals surface area contributed by atoms with Crippen molar-refractivity contribution in [1.29, 1.82) is 0 Å². The van der Waals surface area contributed by atoms with Crippen molar-refractivity contribution >= 4 is 15.7 Å². The zero-order valence-corrected chi connectivity index (χ0v) is 11.4. The van der Waals surface area contributed by atoms with Gasteiger partial charge in [0.05, 0.1) is 4.90 Å². The number of sulfonamides is 1. The van der Waals surface area contributed by atoms with Gasteiger partial charge in [0.25, 0.3) is 0 Å². The molecular weight excluding hydrogens is 248 g/mol. The molecule has 5 heteroatoms. The average molecular weight is 268 g/mol. The van der Waals surface area contributed by atoms with Crippen LogP contribution in [-0.4, -0.2) is 14.5 Å². The molecule has 0 aromatic heterocycles. The molecule has 0 saturated heterocycles. The van der Waals surface area contributed by atoms with Gasteiger partial charge in [0.2, 0.25) is 10.0 Å². The van der Waals surface area contributed by atoms with Crippen LogP contribution < -0.4 is 10.5 Å². The molecule has 1 aliphatic rings. The molecule has 1 saturated carbocycles. The molecule has 0 bridgehead atoms. The molecule has 18 heavy (non-hydrogen) atoms. The average Bonchev–Trinajstić information content (AvgIpc) is 2.76. The lowest BCUT2D eigenvalue weighted by molar-refractivity contribution is 0.525. The number of rotatable bonds is 4. The van der Waals surface area contributed by atoms with Gasteiger partial charge < -0.3 is 5.32 Å². The van der Waals surface area contributed by atoms with Crippen molar-refractivity contribution in [3.05, 3.63) is 24.3 Å². The fraction of sp³-hybridized carbons (Fsp3) is 0.538. The van der Waals surface area contributed by atoms with E-state index in [2.05, 4.69) is 12.2 Å². The number of primary sulfonamides is 1. The summed E-state index contributed by atoms with van der Waals surface area (Å²) in [5.74, 6) is 0.795. The van der Waals surface area contributed by atoms with Gasteiger partial charge in [-0.25, -0.2) is 13.6 Å². The van der Waals surface area contributed by atoms with Crippen LogP contribution in [0.3, 0.4) is 0 Å². The predicted octanol–water partition coefficient (Wildman–Crippen LogP) is 2.32. The monoisotopic (exact) mass is 268 g/mol. The molecule has 0 amide bonds.